The van der Waals surface area contributed by atoms with Crippen LogP contribution in [0.1, 0.15) is 33.5 Å². The Labute approximate surface area is 114 Å². The summed E-state index contributed by atoms with van der Waals surface area (Å²) in [4.78, 5) is 13.5. The van der Waals surface area contributed by atoms with Crippen molar-refractivity contribution in [3.63, 3.8) is 0 Å². The Bertz CT molecular complexity index is 473. The van der Waals surface area contributed by atoms with Crippen LogP contribution in [-0.4, -0.2) is 30.1 Å². The Balaban J connectivity index is 2.01. The standard InChI is InChI=1S/C13H17F2NO2S/c1-8-2-3-10-9(4-8)5-11(19-10)12(18)16-6-13(14,15)7-17/h5,8,17H,2-4,6-7H2,1H3,(H,16,18). The second kappa shape index (κ2) is 5.54. The van der Waals surface area contributed by atoms with Crippen LogP contribution in [-0.2, 0) is 12.8 Å². The molecule has 1 aliphatic rings. The Morgan fingerprint density at radius 2 is 2.37 bits per heavy atom. The van der Waals surface area contributed by atoms with Gasteiger partial charge in [0.2, 0.25) is 0 Å². The van der Waals surface area contributed by atoms with Gasteiger partial charge in [0.15, 0.2) is 0 Å². The second-order valence-corrected chi connectivity index (χ2v) is 6.24. The molecule has 1 heterocycles. The number of alkyl halides is 2. The molecule has 19 heavy (non-hydrogen) atoms. The molecule has 2 rings (SSSR count). The third-order valence-corrected chi connectivity index (χ3v) is 4.53. The summed E-state index contributed by atoms with van der Waals surface area (Å²) in [6, 6.07) is 1.81. The summed E-state index contributed by atoms with van der Waals surface area (Å²) in [6.45, 7) is 0.0786. The number of rotatable bonds is 4. The molecular formula is C13H17F2NO2S. The molecule has 0 radical (unpaired) electrons. The Morgan fingerprint density at radius 1 is 1.63 bits per heavy atom. The molecule has 1 atom stereocenters. The molecule has 1 aliphatic carbocycles. The van der Waals surface area contributed by atoms with Crippen LogP contribution in [0.2, 0.25) is 0 Å². The normalized spacial score (nSPS) is 19.1. The lowest BCUT2D eigenvalue weighted by Gasteiger charge is -2.16. The van der Waals surface area contributed by atoms with Crippen LogP contribution in [0.3, 0.4) is 0 Å². The van der Waals surface area contributed by atoms with Gasteiger partial charge in [0.05, 0.1) is 11.4 Å². The van der Waals surface area contributed by atoms with Gasteiger partial charge in [-0.3, -0.25) is 4.79 Å². The highest BCUT2D eigenvalue weighted by Crippen LogP contribution is 2.32. The average Bonchev–Trinajstić information content (AvgIpc) is 2.79. The lowest BCUT2D eigenvalue weighted by atomic mass is 9.90. The molecule has 1 aromatic rings. The summed E-state index contributed by atoms with van der Waals surface area (Å²) in [7, 11) is 0. The SMILES string of the molecule is CC1CCc2sc(C(=O)NCC(F)(F)CO)cc2C1. The number of nitrogens with one attached hydrogen (secondary N) is 1. The van der Waals surface area contributed by atoms with Crippen LogP contribution in [0.4, 0.5) is 8.78 Å². The first-order valence-electron chi connectivity index (χ1n) is 6.30. The molecule has 1 amide bonds. The molecule has 1 unspecified atom stereocenters. The topological polar surface area (TPSA) is 49.3 Å². The van der Waals surface area contributed by atoms with Gasteiger partial charge in [0.1, 0.15) is 6.61 Å². The molecule has 0 bridgehead atoms. The lowest BCUT2D eigenvalue weighted by molar-refractivity contribution is -0.0461. The van der Waals surface area contributed by atoms with Crippen molar-refractivity contribution in [2.24, 2.45) is 5.92 Å². The fourth-order valence-electron chi connectivity index (χ4n) is 2.17. The third-order valence-electron chi connectivity index (χ3n) is 3.29. The van der Waals surface area contributed by atoms with Crippen LogP contribution < -0.4 is 5.32 Å². The van der Waals surface area contributed by atoms with Crippen molar-refractivity contribution in [3.8, 4) is 0 Å². The summed E-state index contributed by atoms with van der Waals surface area (Å²) in [5.41, 5.74) is 1.17. The predicted octanol–water partition coefficient (Wildman–Crippen LogP) is 2.23. The van der Waals surface area contributed by atoms with Crippen molar-refractivity contribution in [3.05, 3.63) is 21.4 Å². The maximum absolute atomic E-state index is 12.8. The number of carbonyl (C=O) groups is 1. The highest BCUT2D eigenvalue weighted by Gasteiger charge is 2.29. The van der Waals surface area contributed by atoms with Gasteiger partial charge in [-0.25, -0.2) is 8.78 Å². The molecule has 0 fully saturated rings. The molecule has 2 N–H and O–H groups in total. The van der Waals surface area contributed by atoms with E-state index in [4.69, 9.17) is 5.11 Å². The Morgan fingerprint density at radius 3 is 3.05 bits per heavy atom. The summed E-state index contributed by atoms with van der Waals surface area (Å²) < 4.78 is 25.7. The second-order valence-electron chi connectivity index (χ2n) is 5.10. The fourth-order valence-corrected chi connectivity index (χ4v) is 3.30. The quantitative estimate of drug-likeness (QED) is 0.893. The number of hydrogen-bond donors (Lipinski definition) is 2. The van der Waals surface area contributed by atoms with Gasteiger partial charge in [0, 0.05) is 4.88 Å². The molecule has 106 valence electrons. The van der Waals surface area contributed by atoms with Gasteiger partial charge in [-0.2, -0.15) is 0 Å². The molecule has 1 aromatic heterocycles. The molecule has 3 nitrogen and oxygen atoms in total. The zero-order valence-corrected chi connectivity index (χ0v) is 11.5. The van der Waals surface area contributed by atoms with E-state index in [2.05, 4.69) is 12.2 Å². The highest BCUT2D eigenvalue weighted by atomic mass is 32.1. The van der Waals surface area contributed by atoms with E-state index in [0.717, 1.165) is 19.3 Å². The van der Waals surface area contributed by atoms with Gasteiger partial charge >= 0.3 is 0 Å². The van der Waals surface area contributed by atoms with Crippen LogP contribution in [0, 0.1) is 5.92 Å². The zero-order valence-electron chi connectivity index (χ0n) is 10.7. The number of thiophene rings is 1. The van der Waals surface area contributed by atoms with Crippen molar-refractivity contribution in [1.29, 1.82) is 0 Å². The van der Waals surface area contributed by atoms with E-state index >= 15 is 0 Å². The summed E-state index contributed by atoms with van der Waals surface area (Å²) in [5.74, 6) is -3.14. The van der Waals surface area contributed by atoms with Crippen molar-refractivity contribution in [2.75, 3.05) is 13.2 Å². The molecule has 6 heteroatoms. The van der Waals surface area contributed by atoms with Crippen molar-refractivity contribution in [2.45, 2.75) is 32.1 Å². The van der Waals surface area contributed by atoms with Crippen molar-refractivity contribution >= 4 is 17.2 Å². The first kappa shape index (κ1) is 14.4. The van der Waals surface area contributed by atoms with Crippen molar-refractivity contribution < 1.29 is 18.7 Å². The summed E-state index contributed by atoms with van der Waals surface area (Å²) in [5, 5.41) is 10.6. The number of hydrogen-bond acceptors (Lipinski definition) is 3. The molecule has 0 saturated heterocycles. The smallest absolute Gasteiger partial charge is 0.287 e. The minimum absolute atomic E-state index is 0.479. The van der Waals surface area contributed by atoms with Gasteiger partial charge < -0.3 is 10.4 Å². The molecule has 0 aromatic carbocycles. The first-order valence-corrected chi connectivity index (χ1v) is 7.11. The van der Waals surface area contributed by atoms with Gasteiger partial charge in [-0.05, 0) is 36.8 Å². The lowest BCUT2D eigenvalue weighted by Crippen LogP contribution is -2.38. The minimum atomic E-state index is -3.26. The van der Waals surface area contributed by atoms with E-state index in [1.807, 2.05) is 6.07 Å². The fraction of sp³-hybridized carbons (Fsp3) is 0.615. The van der Waals surface area contributed by atoms with Gasteiger partial charge in [-0.15, -0.1) is 11.3 Å². The maximum atomic E-state index is 12.8. The van der Waals surface area contributed by atoms with E-state index in [1.54, 1.807) is 0 Å². The summed E-state index contributed by atoms with van der Waals surface area (Å²) >= 11 is 1.38. The number of amides is 1. The molecule has 0 saturated carbocycles. The van der Waals surface area contributed by atoms with Crippen LogP contribution in [0.15, 0.2) is 6.07 Å². The van der Waals surface area contributed by atoms with Crippen molar-refractivity contribution in [1.82, 2.24) is 5.32 Å². The largest absolute Gasteiger partial charge is 0.390 e. The highest BCUT2D eigenvalue weighted by molar-refractivity contribution is 7.14. The number of aryl methyl sites for hydroxylation is 1. The van der Waals surface area contributed by atoms with Crippen LogP contribution in [0.5, 0.6) is 0 Å². The number of halogens is 2. The number of fused-ring (bicyclic) bond motifs is 1. The molecule has 0 aliphatic heterocycles. The molecular weight excluding hydrogens is 272 g/mol. The van der Waals surface area contributed by atoms with Gasteiger partial charge in [0.25, 0.3) is 11.8 Å². The van der Waals surface area contributed by atoms with E-state index in [0.29, 0.717) is 10.8 Å². The third kappa shape index (κ3) is 3.51. The monoisotopic (exact) mass is 289 g/mol. The van der Waals surface area contributed by atoms with E-state index in [-0.39, 0.29) is 0 Å². The Kier molecular flexibility index (Phi) is 4.20. The number of carbonyl (C=O) groups excluding carboxylic acids is 1. The van der Waals surface area contributed by atoms with E-state index in [9.17, 15) is 13.6 Å². The van der Waals surface area contributed by atoms with Crippen LogP contribution >= 0.6 is 11.3 Å². The maximum Gasteiger partial charge on any atom is 0.287 e. The first-order chi connectivity index (χ1) is 8.91. The average molecular weight is 289 g/mol. The van der Waals surface area contributed by atoms with E-state index < -0.39 is 25.0 Å². The van der Waals surface area contributed by atoms with Crippen LogP contribution in [0.25, 0.3) is 0 Å². The number of aliphatic hydroxyl groups is 1. The predicted molar refractivity (Wildman–Crippen MR) is 69.9 cm³/mol. The summed E-state index contributed by atoms with van der Waals surface area (Å²) in [6.07, 6.45) is 3.02. The zero-order chi connectivity index (χ0) is 14.0. The van der Waals surface area contributed by atoms with Gasteiger partial charge in [-0.1, -0.05) is 6.92 Å². The minimum Gasteiger partial charge on any atom is -0.390 e. The molecule has 0 spiro atoms. The number of aliphatic hydroxyl groups excluding tert-OH is 1. The Hall–Kier alpha value is -1.01. The van der Waals surface area contributed by atoms with E-state index in [1.165, 1.54) is 21.8 Å².